The molecule has 2 N–H and O–H groups in total. The van der Waals surface area contributed by atoms with Gasteiger partial charge < -0.3 is 10.6 Å². The van der Waals surface area contributed by atoms with Crippen LogP contribution in [0.15, 0.2) is 0 Å². The van der Waals surface area contributed by atoms with Gasteiger partial charge in [-0.15, -0.1) is 11.8 Å². The number of thioether (sulfide) groups is 1. The zero-order chi connectivity index (χ0) is 11.2. The molecule has 0 aromatic carbocycles. The lowest BCUT2D eigenvalue weighted by Gasteiger charge is -2.20. The van der Waals surface area contributed by atoms with Crippen molar-refractivity contribution in [2.75, 3.05) is 25.4 Å². The van der Waals surface area contributed by atoms with Gasteiger partial charge in [-0.05, 0) is 50.4 Å². The lowest BCUT2D eigenvalue weighted by Crippen LogP contribution is -2.35. The topological polar surface area (TPSA) is 41.1 Å². The van der Waals surface area contributed by atoms with Gasteiger partial charge in [0.05, 0.1) is 5.25 Å². The Bertz CT molecular complexity index is 223. The summed E-state index contributed by atoms with van der Waals surface area (Å²) in [6.07, 6.45) is 5.98. The first kappa shape index (κ1) is 12.2. The molecule has 0 aromatic heterocycles. The van der Waals surface area contributed by atoms with E-state index >= 15 is 0 Å². The Morgan fingerprint density at radius 3 is 3.00 bits per heavy atom. The molecule has 2 saturated heterocycles. The van der Waals surface area contributed by atoms with E-state index in [-0.39, 0.29) is 11.2 Å². The van der Waals surface area contributed by atoms with Gasteiger partial charge in [0.1, 0.15) is 0 Å². The standard InChI is InChI=1S/C12H22N2OS/c15-12(11-3-1-2-8-16-11)14-7-5-10-4-6-13-9-10/h10-11,13H,1-9H2,(H,14,15). The number of nitrogens with one attached hydrogen (secondary N) is 2. The Balaban J connectivity index is 1.59. The maximum absolute atomic E-state index is 11.8. The molecule has 0 aromatic rings. The summed E-state index contributed by atoms with van der Waals surface area (Å²) in [4.78, 5) is 11.8. The summed E-state index contributed by atoms with van der Waals surface area (Å²) in [5.74, 6) is 2.21. The van der Waals surface area contributed by atoms with Gasteiger partial charge in [-0.25, -0.2) is 0 Å². The first-order valence-corrected chi connectivity index (χ1v) is 7.51. The van der Waals surface area contributed by atoms with Crippen molar-refractivity contribution < 1.29 is 4.79 Å². The summed E-state index contributed by atoms with van der Waals surface area (Å²) in [6.45, 7) is 3.15. The Kier molecular flexibility index (Phi) is 4.97. The first-order chi connectivity index (χ1) is 7.86. The van der Waals surface area contributed by atoms with E-state index in [4.69, 9.17) is 0 Å². The van der Waals surface area contributed by atoms with E-state index in [0.717, 1.165) is 44.1 Å². The highest BCUT2D eigenvalue weighted by Crippen LogP contribution is 2.25. The zero-order valence-electron chi connectivity index (χ0n) is 9.84. The molecular formula is C12H22N2OS. The molecule has 0 saturated carbocycles. The van der Waals surface area contributed by atoms with Crippen molar-refractivity contribution in [1.29, 1.82) is 0 Å². The van der Waals surface area contributed by atoms with E-state index in [1.807, 2.05) is 11.8 Å². The molecule has 0 radical (unpaired) electrons. The van der Waals surface area contributed by atoms with Crippen LogP contribution >= 0.6 is 11.8 Å². The van der Waals surface area contributed by atoms with Crippen LogP contribution in [-0.4, -0.2) is 36.5 Å². The monoisotopic (exact) mass is 242 g/mol. The van der Waals surface area contributed by atoms with Gasteiger partial charge in [-0.3, -0.25) is 4.79 Å². The van der Waals surface area contributed by atoms with E-state index in [1.54, 1.807) is 0 Å². The lowest BCUT2D eigenvalue weighted by molar-refractivity contribution is -0.120. The predicted octanol–water partition coefficient (Wildman–Crippen LogP) is 1.39. The quantitative estimate of drug-likeness (QED) is 0.783. The van der Waals surface area contributed by atoms with Crippen molar-refractivity contribution in [1.82, 2.24) is 10.6 Å². The Morgan fingerprint density at radius 2 is 2.31 bits per heavy atom. The molecule has 2 rings (SSSR count). The maximum Gasteiger partial charge on any atom is 0.233 e. The first-order valence-electron chi connectivity index (χ1n) is 6.46. The number of carbonyl (C=O) groups is 1. The van der Waals surface area contributed by atoms with Crippen LogP contribution in [0.1, 0.15) is 32.1 Å². The summed E-state index contributed by atoms with van der Waals surface area (Å²) in [7, 11) is 0. The molecule has 2 heterocycles. The molecular weight excluding hydrogens is 220 g/mol. The zero-order valence-corrected chi connectivity index (χ0v) is 10.7. The SMILES string of the molecule is O=C(NCCC1CCNC1)C1CCCCS1. The van der Waals surface area contributed by atoms with Crippen molar-refractivity contribution in [2.24, 2.45) is 5.92 Å². The van der Waals surface area contributed by atoms with Crippen LogP contribution < -0.4 is 10.6 Å². The third kappa shape index (κ3) is 3.67. The van der Waals surface area contributed by atoms with E-state index in [0.29, 0.717) is 0 Å². The normalized spacial score (nSPS) is 30.2. The van der Waals surface area contributed by atoms with Gasteiger partial charge in [-0.1, -0.05) is 6.42 Å². The number of carbonyl (C=O) groups excluding carboxylic acids is 1. The molecule has 2 aliphatic heterocycles. The molecule has 2 atom stereocenters. The van der Waals surface area contributed by atoms with Crippen molar-refractivity contribution >= 4 is 17.7 Å². The van der Waals surface area contributed by atoms with Gasteiger partial charge in [0.25, 0.3) is 0 Å². The molecule has 0 bridgehead atoms. The van der Waals surface area contributed by atoms with Gasteiger partial charge in [0.2, 0.25) is 5.91 Å². The second kappa shape index (κ2) is 6.50. The summed E-state index contributed by atoms with van der Waals surface area (Å²) in [5.41, 5.74) is 0. The van der Waals surface area contributed by atoms with Crippen LogP contribution in [0.25, 0.3) is 0 Å². The Hall–Kier alpha value is -0.220. The van der Waals surface area contributed by atoms with Crippen LogP contribution in [0.3, 0.4) is 0 Å². The molecule has 2 aliphatic rings. The molecule has 16 heavy (non-hydrogen) atoms. The fourth-order valence-corrected chi connectivity index (χ4v) is 3.65. The third-order valence-corrected chi connectivity index (χ3v) is 4.86. The van der Waals surface area contributed by atoms with Crippen LogP contribution in [-0.2, 0) is 4.79 Å². The largest absolute Gasteiger partial charge is 0.355 e. The van der Waals surface area contributed by atoms with Crippen LogP contribution in [0.5, 0.6) is 0 Å². The van der Waals surface area contributed by atoms with Crippen LogP contribution in [0.4, 0.5) is 0 Å². The third-order valence-electron chi connectivity index (χ3n) is 3.49. The lowest BCUT2D eigenvalue weighted by atomic mass is 10.1. The Labute approximate surface area is 102 Å². The smallest absolute Gasteiger partial charge is 0.233 e. The number of hydrogen-bond donors (Lipinski definition) is 2. The van der Waals surface area contributed by atoms with Crippen molar-refractivity contribution in [3.8, 4) is 0 Å². The molecule has 2 fully saturated rings. The van der Waals surface area contributed by atoms with Crippen molar-refractivity contribution in [3.05, 3.63) is 0 Å². The average molecular weight is 242 g/mol. The van der Waals surface area contributed by atoms with Crippen molar-refractivity contribution in [2.45, 2.75) is 37.4 Å². The highest BCUT2D eigenvalue weighted by molar-refractivity contribution is 8.00. The predicted molar refractivity (Wildman–Crippen MR) is 68.7 cm³/mol. The summed E-state index contributed by atoms with van der Waals surface area (Å²) in [5, 5.41) is 6.68. The number of hydrogen-bond acceptors (Lipinski definition) is 3. The van der Waals surface area contributed by atoms with E-state index in [2.05, 4.69) is 10.6 Å². The van der Waals surface area contributed by atoms with Crippen LogP contribution in [0.2, 0.25) is 0 Å². The molecule has 92 valence electrons. The average Bonchev–Trinajstić information content (AvgIpc) is 2.83. The molecule has 3 nitrogen and oxygen atoms in total. The minimum atomic E-state index is 0.232. The molecule has 4 heteroatoms. The van der Waals surface area contributed by atoms with Gasteiger partial charge in [-0.2, -0.15) is 0 Å². The van der Waals surface area contributed by atoms with E-state index < -0.39 is 0 Å². The van der Waals surface area contributed by atoms with Gasteiger partial charge in [0.15, 0.2) is 0 Å². The highest BCUT2D eigenvalue weighted by atomic mass is 32.2. The highest BCUT2D eigenvalue weighted by Gasteiger charge is 2.21. The summed E-state index contributed by atoms with van der Waals surface area (Å²) >= 11 is 1.83. The fourth-order valence-electron chi connectivity index (χ4n) is 2.42. The number of rotatable bonds is 4. The molecule has 1 amide bonds. The van der Waals surface area contributed by atoms with E-state index in [1.165, 1.54) is 19.3 Å². The van der Waals surface area contributed by atoms with Crippen LogP contribution in [0, 0.1) is 5.92 Å². The minimum absolute atomic E-state index is 0.232. The summed E-state index contributed by atoms with van der Waals surface area (Å²) < 4.78 is 0. The molecule has 2 unspecified atom stereocenters. The second-order valence-electron chi connectivity index (χ2n) is 4.79. The summed E-state index contributed by atoms with van der Waals surface area (Å²) in [6, 6.07) is 0. The van der Waals surface area contributed by atoms with Crippen molar-refractivity contribution in [3.63, 3.8) is 0 Å². The fraction of sp³-hybridized carbons (Fsp3) is 0.917. The van der Waals surface area contributed by atoms with Gasteiger partial charge in [0, 0.05) is 6.54 Å². The van der Waals surface area contributed by atoms with E-state index in [9.17, 15) is 4.79 Å². The maximum atomic E-state index is 11.8. The van der Waals surface area contributed by atoms with Gasteiger partial charge >= 0.3 is 0 Å². The minimum Gasteiger partial charge on any atom is -0.355 e. The second-order valence-corrected chi connectivity index (χ2v) is 6.10. The molecule has 0 aliphatic carbocycles. The number of amides is 1. The molecule has 0 spiro atoms. The Morgan fingerprint density at radius 1 is 1.38 bits per heavy atom.